The lowest BCUT2D eigenvalue weighted by molar-refractivity contribution is -0.136. The molecule has 24 heavy (non-hydrogen) atoms. The highest BCUT2D eigenvalue weighted by molar-refractivity contribution is 5.93. The van der Waals surface area contributed by atoms with Gasteiger partial charge < -0.3 is 18.8 Å². The molecule has 128 valence electrons. The lowest BCUT2D eigenvalue weighted by Gasteiger charge is -2.44. The van der Waals surface area contributed by atoms with Crippen molar-refractivity contribution in [3.8, 4) is 0 Å². The molecule has 0 saturated carbocycles. The van der Waals surface area contributed by atoms with Gasteiger partial charge in [-0.25, -0.2) is 4.98 Å². The van der Waals surface area contributed by atoms with Gasteiger partial charge in [0.1, 0.15) is 17.4 Å². The molecule has 0 bridgehead atoms. The number of carbonyl (C=O) groups is 1. The highest BCUT2D eigenvalue weighted by atomic mass is 16.5. The maximum absolute atomic E-state index is 12.9. The zero-order valence-corrected chi connectivity index (χ0v) is 14.2. The number of pyridine rings is 1. The third-order valence-electron chi connectivity index (χ3n) is 5.30. The van der Waals surface area contributed by atoms with Gasteiger partial charge in [-0.05, 0) is 37.8 Å². The van der Waals surface area contributed by atoms with Crippen LogP contribution in [0, 0.1) is 6.92 Å². The SMILES string of the molecule is CO[C@H]1CN(C(=O)c2cn3cc(C)ccc3n2)CC[C@@]12CCCO2. The van der Waals surface area contributed by atoms with Gasteiger partial charge in [-0.3, -0.25) is 4.79 Å². The van der Waals surface area contributed by atoms with E-state index in [0.29, 0.717) is 18.8 Å². The number of hydrogen-bond donors (Lipinski definition) is 0. The van der Waals surface area contributed by atoms with Crippen LogP contribution in [0.25, 0.3) is 5.65 Å². The molecule has 0 radical (unpaired) electrons. The average Bonchev–Trinajstić information content (AvgIpc) is 3.22. The van der Waals surface area contributed by atoms with Crippen molar-refractivity contribution in [1.29, 1.82) is 0 Å². The van der Waals surface area contributed by atoms with Gasteiger partial charge in [-0.2, -0.15) is 0 Å². The van der Waals surface area contributed by atoms with Crippen LogP contribution in [0.3, 0.4) is 0 Å². The van der Waals surface area contributed by atoms with E-state index in [9.17, 15) is 4.79 Å². The summed E-state index contributed by atoms with van der Waals surface area (Å²) in [6.07, 6.45) is 6.62. The summed E-state index contributed by atoms with van der Waals surface area (Å²) < 4.78 is 13.6. The second-order valence-corrected chi connectivity index (χ2v) is 6.84. The molecule has 0 aromatic carbocycles. The minimum Gasteiger partial charge on any atom is -0.377 e. The number of carbonyl (C=O) groups excluding carboxylic acids is 1. The number of rotatable bonds is 2. The predicted molar refractivity (Wildman–Crippen MR) is 89.2 cm³/mol. The number of amides is 1. The molecule has 4 heterocycles. The van der Waals surface area contributed by atoms with E-state index in [0.717, 1.165) is 37.1 Å². The van der Waals surface area contributed by atoms with Crippen LogP contribution in [0.4, 0.5) is 0 Å². The van der Waals surface area contributed by atoms with E-state index in [2.05, 4.69) is 4.98 Å². The number of piperidine rings is 1. The van der Waals surface area contributed by atoms with Crippen molar-refractivity contribution in [3.63, 3.8) is 0 Å². The van der Waals surface area contributed by atoms with E-state index in [1.165, 1.54) is 0 Å². The van der Waals surface area contributed by atoms with Crippen LogP contribution in [0.15, 0.2) is 24.5 Å². The molecule has 0 aliphatic carbocycles. The predicted octanol–water partition coefficient (Wildman–Crippen LogP) is 2.05. The van der Waals surface area contributed by atoms with Crippen molar-refractivity contribution in [3.05, 3.63) is 35.8 Å². The van der Waals surface area contributed by atoms with Crippen LogP contribution in [0.2, 0.25) is 0 Å². The Morgan fingerprint density at radius 3 is 3.00 bits per heavy atom. The molecule has 6 nitrogen and oxygen atoms in total. The molecule has 4 rings (SSSR count). The Morgan fingerprint density at radius 2 is 2.25 bits per heavy atom. The largest absolute Gasteiger partial charge is 0.377 e. The highest BCUT2D eigenvalue weighted by Gasteiger charge is 2.47. The molecule has 2 aliphatic rings. The van der Waals surface area contributed by atoms with Crippen LogP contribution in [-0.4, -0.2) is 58.7 Å². The third-order valence-corrected chi connectivity index (χ3v) is 5.30. The lowest BCUT2D eigenvalue weighted by Crippen LogP contribution is -2.57. The third kappa shape index (κ3) is 2.50. The van der Waals surface area contributed by atoms with E-state index < -0.39 is 0 Å². The number of likely N-dealkylation sites (tertiary alicyclic amines) is 1. The van der Waals surface area contributed by atoms with Gasteiger partial charge in [0.25, 0.3) is 5.91 Å². The van der Waals surface area contributed by atoms with Crippen molar-refractivity contribution in [1.82, 2.24) is 14.3 Å². The first-order valence-corrected chi connectivity index (χ1v) is 8.53. The zero-order valence-electron chi connectivity index (χ0n) is 14.2. The van der Waals surface area contributed by atoms with Gasteiger partial charge in [0.2, 0.25) is 0 Å². The van der Waals surface area contributed by atoms with Crippen LogP contribution in [0.1, 0.15) is 35.3 Å². The van der Waals surface area contributed by atoms with Gasteiger partial charge in [-0.1, -0.05) is 6.07 Å². The average molecular weight is 329 g/mol. The molecule has 2 fully saturated rings. The molecule has 6 heteroatoms. The number of aryl methyl sites for hydroxylation is 1. The lowest BCUT2D eigenvalue weighted by atomic mass is 9.85. The van der Waals surface area contributed by atoms with Crippen LogP contribution in [-0.2, 0) is 9.47 Å². The number of hydrogen-bond acceptors (Lipinski definition) is 4. The summed E-state index contributed by atoms with van der Waals surface area (Å²) in [5, 5.41) is 0. The fourth-order valence-electron chi connectivity index (χ4n) is 3.95. The number of nitrogens with zero attached hydrogens (tertiary/aromatic N) is 3. The summed E-state index contributed by atoms with van der Waals surface area (Å²) in [7, 11) is 1.70. The van der Waals surface area contributed by atoms with Crippen LogP contribution >= 0.6 is 0 Å². The number of aromatic nitrogens is 2. The number of fused-ring (bicyclic) bond motifs is 1. The Labute approximate surface area is 141 Å². The summed E-state index contributed by atoms with van der Waals surface area (Å²) >= 11 is 0. The molecule has 2 atom stereocenters. The molecule has 2 aromatic rings. The molecule has 1 amide bonds. The summed E-state index contributed by atoms with van der Waals surface area (Å²) in [5.41, 5.74) is 2.21. The highest BCUT2D eigenvalue weighted by Crippen LogP contribution is 2.37. The first-order valence-electron chi connectivity index (χ1n) is 8.53. The van der Waals surface area contributed by atoms with Crippen molar-refractivity contribution < 1.29 is 14.3 Å². The molecule has 0 unspecified atom stereocenters. The Hall–Kier alpha value is -1.92. The molecule has 2 saturated heterocycles. The molecule has 2 aromatic heterocycles. The van der Waals surface area contributed by atoms with Crippen molar-refractivity contribution in [2.75, 3.05) is 26.8 Å². The molecule has 1 spiro atoms. The Morgan fingerprint density at radius 1 is 1.38 bits per heavy atom. The van der Waals surface area contributed by atoms with Crippen molar-refractivity contribution >= 4 is 11.6 Å². The minimum absolute atomic E-state index is 0.0359. The van der Waals surface area contributed by atoms with E-state index in [1.54, 1.807) is 7.11 Å². The quantitative estimate of drug-likeness (QED) is 0.846. The standard InChI is InChI=1S/C18H23N3O3/c1-13-4-5-16-19-14(11-21(16)10-13)17(22)20-8-7-18(6-3-9-24-18)15(12-20)23-2/h4-5,10-11,15H,3,6-9,12H2,1-2H3/t15-,18-/m0/s1. The smallest absolute Gasteiger partial charge is 0.274 e. The van der Waals surface area contributed by atoms with Crippen LogP contribution < -0.4 is 0 Å². The van der Waals surface area contributed by atoms with Crippen LogP contribution in [0.5, 0.6) is 0 Å². The number of methoxy groups -OCH3 is 1. The molecule has 2 aliphatic heterocycles. The van der Waals surface area contributed by atoms with Gasteiger partial charge in [0.15, 0.2) is 0 Å². The monoisotopic (exact) mass is 329 g/mol. The summed E-state index contributed by atoms with van der Waals surface area (Å²) in [5.74, 6) is -0.0359. The molecular weight excluding hydrogens is 306 g/mol. The summed E-state index contributed by atoms with van der Waals surface area (Å²) in [6.45, 7) is 4.06. The Balaban J connectivity index is 1.55. The first kappa shape index (κ1) is 15.6. The summed E-state index contributed by atoms with van der Waals surface area (Å²) in [4.78, 5) is 19.2. The topological polar surface area (TPSA) is 56.1 Å². The maximum atomic E-state index is 12.9. The Kier molecular flexibility index (Phi) is 3.81. The summed E-state index contributed by atoms with van der Waals surface area (Å²) in [6, 6.07) is 3.93. The fourth-order valence-corrected chi connectivity index (χ4v) is 3.95. The minimum atomic E-state index is -0.207. The van der Waals surface area contributed by atoms with Gasteiger partial charge >= 0.3 is 0 Å². The number of imidazole rings is 1. The zero-order chi connectivity index (χ0) is 16.7. The second-order valence-electron chi connectivity index (χ2n) is 6.84. The molecule has 0 N–H and O–H groups in total. The maximum Gasteiger partial charge on any atom is 0.274 e. The fraction of sp³-hybridized carbons (Fsp3) is 0.556. The second kappa shape index (κ2) is 5.86. The van der Waals surface area contributed by atoms with E-state index in [4.69, 9.17) is 9.47 Å². The molecular formula is C18H23N3O3. The van der Waals surface area contributed by atoms with Crippen molar-refractivity contribution in [2.24, 2.45) is 0 Å². The van der Waals surface area contributed by atoms with Crippen molar-refractivity contribution in [2.45, 2.75) is 37.9 Å². The van der Waals surface area contributed by atoms with Gasteiger partial charge in [0, 0.05) is 32.7 Å². The number of ether oxygens (including phenoxy) is 2. The normalized spacial score (nSPS) is 27.2. The van der Waals surface area contributed by atoms with E-state index >= 15 is 0 Å². The van der Waals surface area contributed by atoms with E-state index in [1.807, 2.05) is 40.8 Å². The van der Waals surface area contributed by atoms with Gasteiger partial charge in [0.05, 0.1) is 12.1 Å². The van der Waals surface area contributed by atoms with E-state index in [-0.39, 0.29) is 17.6 Å². The van der Waals surface area contributed by atoms with Gasteiger partial charge in [-0.15, -0.1) is 0 Å². The Bertz CT molecular complexity index is 764. The first-order chi connectivity index (χ1) is 11.6.